The van der Waals surface area contributed by atoms with E-state index in [9.17, 15) is 9.59 Å². The summed E-state index contributed by atoms with van der Waals surface area (Å²) in [6, 6.07) is -0.00558. The molecule has 0 aliphatic heterocycles. The summed E-state index contributed by atoms with van der Waals surface area (Å²) in [5, 5.41) is 14.3. The van der Waals surface area contributed by atoms with Gasteiger partial charge in [-0.15, -0.1) is 0 Å². The number of hydrogen-bond acceptors (Lipinski definition) is 3. The summed E-state index contributed by atoms with van der Waals surface area (Å²) in [5.74, 6) is 1.01. The molecule has 0 bridgehead atoms. The van der Waals surface area contributed by atoms with Crippen molar-refractivity contribution in [1.82, 2.24) is 10.6 Å². The zero-order chi connectivity index (χ0) is 14.7. The topological polar surface area (TPSA) is 78.4 Å². The van der Waals surface area contributed by atoms with Crippen LogP contribution in [0.25, 0.3) is 0 Å². The molecule has 112 valence electrons. The number of hydrogen-bond donors (Lipinski definition) is 3. The first-order valence-corrected chi connectivity index (χ1v) is 7.97. The van der Waals surface area contributed by atoms with Gasteiger partial charge in [0.25, 0.3) is 0 Å². The fraction of sp³-hybridized carbons (Fsp3) is 0.846. The lowest BCUT2D eigenvalue weighted by atomic mass is 10.1. The monoisotopic (exact) mass is 290 g/mol. The van der Waals surface area contributed by atoms with Gasteiger partial charge in [0.2, 0.25) is 0 Å². The van der Waals surface area contributed by atoms with E-state index in [2.05, 4.69) is 17.6 Å². The number of thioether (sulfide) groups is 1. The predicted octanol–water partition coefficient (Wildman–Crippen LogP) is 2.32. The molecule has 0 aliphatic carbocycles. The van der Waals surface area contributed by atoms with Crippen LogP contribution in [0, 0.1) is 5.92 Å². The highest BCUT2D eigenvalue weighted by Gasteiger charge is 2.10. The Bertz CT molecular complexity index is 275. The van der Waals surface area contributed by atoms with Gasteiger partial charge in [0.15, 0.2) is 0 Å². The second-order valence-corrected chi connectivity index (χ2v) is 6.06. The van der Waals surface area contributed by atoms with E-state index in [4.69, 9.17) is 5.11 Å². The maximum Gasteiger partial charge on any atom is 0.314 e. The fourth-order valence-electron chi connectivity index (χ4n) is 1.49. The van der Waals surface area contributed by atoms with Crippen molar-refractivity contribution in [3.8, 4) is 0 Å². The molecule has 3 N–H and O–H groups in total. The Hall–Kier alpha value is -0.910. The first kappa shape index (κ1) is 18.1. The lowest BCUT2D eigenvalue weighted by molar-refractivity contribution is -0.141. The summed E-state index contributed by atoms with van der Waals surface area (Å²) < 4.78 is 0. The molecular formula is C13H26N2O3S. The van der Waals surface area contributed by atoms with Crippen LogP contribution in [0.5, 0.6) is 0 Å². The van der Waals surface area contributed by atoms with Gasteiger partial charge in [-0.2, -0.15) is 11.8 Å². The van der Waals surface area contributed by atoms with Crippen molar-refractivity contribution >= 4 is 23.8 Å². The average molecular weight is 290 g/mol. The van der Waals surface area contributed by atoms with Crippen LogP contribution >= 0.6 is 11.8 Å². The van der Waals surface area contributed by atoms with Crippen LogP contribution in [0.2, 0.25) is 0 Å². The van der Waals surface area contributed by atoms with Crippen LogP contribution in [0.4, 0.5) is 4.79 Å². The maximum absolute atomic E-state index is 11.5. The van der Waals surface area contributed by atoms with Crippen molar-refractivity contribution in [3.05, 3.63) is 0 Å². The van der Waals surface area contributed by atoms with Gasteiger partial charge in [0.05, 0.1) is 5.92 Å². The van der Waals surface area contributed by atoms with Gasteiger partial charge < -0.3 is 15.7 Å². The Morgan fingerprint density at radius 1 is 1.26 bits per heavy atom. The van der Waals surface area contributed by atoms with E-state index in [1.165, 1.54) is 0 Å². The lowest BCUT2D eigenvalue weighted by Crippen LogP contribution is -2.41. The number of carboxylic acids is 1. The molecule has 0 spiro atoms. The van der Waals surface area contributed by atoms with Crippen molar-refractivity contribution in [1.29, 1.82) is 0 Å². The molecule has 0 fully saturated rings. The normalized spacial score (nSPS) is 13.6. The number of aliphatic carboxylic acids is 1. The molecule has 6 heteroatoms. The molecule has 0 saturated heterocycles. The summed E-state index contributed by atoms with van der Waals surface area (Å²) in [4.78, 5) is 22.1. The average Bonchev–Trinajstić information content (AvgIpc) is 2.34. The van der Waals surface area contributed by atoms with Crippen LogP contribution in [0.1, 0.15) is 40.0 Å². The molecule has 0 heterocycles. The van der Waals surface area contributed by atoms with Gasteiger partial charge in [0.1, 0.15) is 0 Å². The molecule has 5 nitrogen and oxygen atoms in total. The molecule has 2 unspecified atom stereocenters. The van der Waals surface area contributed by atoms with Crippen LogP contribution < -0.4 is 10.6 Å². The quantitative estimate of drug-likeness (QED) is 0.540. The minimum atomic E-state index is -0.786. The second kappa shape index (κ2) is 11.0. The summed E-state index contributed by atoms with van der Waals surface area (Å²) in [7, 11) is 0. The Morgan fingerprint density at radius 3 is 2.53 bits per heavy atom. The Kier molecular flexibility index (Phi) is 10.4. The molecule has 0 aromatic heterocycles. The number of carboxylic acid groups (broad SMARTS) is 1. The highest BCUT2D eigenvalue weighted by Crippen LogP contribution is 2.05. The largest absolute Gasteiger partial charge is 0.481 e. The van der Waals surface area contributed by atoms with E-state index in [1.807, 2.05) is 18.7 Å². The van der Waals surface area contributed by atoms with Crippen LogP contribution in [0.15, 0.2) is 0 Å². The minimum Gasteiger partial charge on any atom is -0.481 e. The van der Waals surface area contributed by atoms with E-state index < -0.39 is 5.97 Å². The van der Waals surface area contributed by atoms with Crippen LogP contribution in [-0.2, 0) is 4.79 Å². The number of carbonyl (C=O) groups is 2. The number of rotatable bonds is 10. The summed E-state index contributed by atoms with van der Waals surface area (Å²) in [6.07, 6.45) is 2.22. The van der Waals surface area contributed by atoms with E-state index in [0.29, 0.717) is 19.4 Å². The van der Waals surface area contributed by atoms with E-state index in [0.717, 1.165) is 17.9 Å². The zero-order valence-electron chi connectivity index (χ0n) is 12.1. The molecule has 0 saturated carbocycles. The van der Waals surface area contributed by atoms with Gasteiger partial charge in [-0.05, 0) is 37.7 Å². The smallest absolute Gasteiger partial charge is 0.314 e. The molecule has 0 radical (unpaired) electrons. The summed E-state index contributed by atoms with van der Waals surface area (Å²) >= 11 is 1.86. The van der Waals surface area contributed by atoms with Gasteiger partial charge in [0, 0.05) is 12.6 Å². The van der Waals surface area contributed by atoms with E-state index in [1.54, 1.807) is 6.92 Å². The third kappa shape index (κ3) is 10.7. The zero-order valence-corrected chi connectivity index (χ0v) is 12.9. The van der Waals surface area contributed by atoms with Gasteiger partial charge in [-0.3, -0.25) is 4.79 Å². The fourth-order valence-corrected chi connectivity index (χ4v) is 2.29. The van der Waals surface area contributed by atoms with Crippen molar-refractivity contribution in [2.24, 2.45) is 5.92 Å². The highest BCUT2D eigenvalue weighted by atomic mass is 32.2. The molecule has 2 amide bonds. The molecule has 2 atom stereocenters. The van der Waals surface area contributed by atoms with Crippen molar-refractivity contribution in [2.75, 3.05) is 18.1 Å². The number of carbonyl (C=O) groups excluding carboxylic acids is 1. The molecule has 0 aromatic carbocycles. The Labute approximate surface area is 119 Å². The SMILES string of the molecule is CCSCCC(C)NC(=O)NCCCC(C)C(=O)O. The second-order valence-electron chi connectivity index (χ2n) is 4.67. The summed E-state index contributed by atoms with van der Waals surface area (Å²) in [5.41, 5.74) is 0. The Morgan fingerprint density at radius 2 is 1.95 bits per heavy atom. The maximum atomic E-state index is 11.5. The van der Waals surface area contributed by atoms with E-state index in [-0.39, 0.29) is 18.0 Å². The highest BCUT2D eigenvalue weighted by molar-refractivity contribution is 7.99. The van der Waals surface area contributed by atoms with Crippen molar-refractivity contribution in [2.45, 2.75) is 46.1 Å². The van der Waals surface area contributed by atoms with Gasteiger partial charge >= 0.3 is 12.0 Å². The predicted molar refractivity (Wildman–Crippen MR) is 79.6 cm³/mol. The lowest BCUT2D eigenvalue weighted by Gasteiger charge is -2.14. The number of urea groups is 1. The third-order valence-corrected chi connectivity index (χ3v) is 3.73. The third-order valence-electron chi connectivity index (χ3n) is 2.80. The molecule has 0 aromatic rings. The standard InChI is InChI=1S/C13H26N2O3S/c1-4-19-9-7-11(3)15-13(18)14-8-5-6-10(2)12(16)17/h10-11H,4-9H2,1-3H3,(H,16,17)(H2,14,15,18). The van der Waals surface area contributed by atoms with E-state index >= 15 is 0 Å². The minimum absolute atomic E-state index is 0.164. The van der Waals surface area contributed by atoms with Gasteiger partial charge in [-0.25, -0.2) is 4.79 Å². The first-order valence-electron chi connectivity index (χ1n) is 6.82. The molecule has 19 heavy (non-hydrogen) atoms. The van der Waals surface area contributed by atoms with Crippen molar-refractivity contribution < 1.29 is 14.7 Å². The molecule has 0 aliphatic rings. The van der Waals surface area contributed by atoms with Crippen molar-refractivity contribution in [3.63, 3.8) is 0 Å². The first-order chi connectivity index (χ1) is 8.97. The Balaban J connectivity index is 3.56. The number of nitrogens with one attached hydrogen (secondary N) is 2. The van der Waals surface area contributed by atoms with Crippen LogP contribution in [0.3, 0.4) is 0 Å². The van der Waals surface area contributed by atoms with Gasteiger partial charge in [-0.1, -0.05) is 13.8 Å². The molecule has 0 rings (SSSR count). The molecular weight excluding hydrogens is 264 g/mol. The number of amides is 2. The van der Waals surface area contributed by atoms with Crippen LogP contribution in [-0.4, -0.2) is 41.2 Å². The summed E-state index contributed by atoms with van der Waals surface area (Å²) in [6.45, 7) is 6.30.